The average Bonchev–Trinajstić information content (AvgIpc) is 2.70. The van der Waals surface area contributed by atoms with Crippen LogP contribution in [-0.2, 0) is 11.2 Å². The molecule has 0 unspecified atom stereocenters. The standard InChI is InChI=1S/C22H26N2O3/c1-3-27-20-10-8-19(9-11-20)22(26)24-14-12-23(13-15-24)21(25)16-18-6-4-17(2)5-7-18/h4-11H,3,12-16H2,1-2H3. The van der Waals surface area contributed by atoms with E-state index in [1.807, 2.05) is 60.0 Å². The molecule has 0 aromatic heterocycles. The third kappa shape index (κ3) is 4.88. The summed E-state index contributed by atoms with van der Waals surface area (Å²) in [5.41, 5.74) is 2.86. The van der Waals surface area contributed by atoms with Crippen LogP contribution in [0.25, 0.3) is 0 Å². The number of ether oxygens (including phenoxy) is 1. The number of aryl methyl sites for hydroxylation is 1. The summed E-state index contributed by atoms with van der Waals surface area (Å²) in [6.45, 7) is 6.84. The van der Waals surface area contributed by atoms with E-state index in [1.165, 1.54) is 5.56 Å². The van der Waals surface area contributed by atoms with Crippen molar-refractivity contribution in [3.05, 3.63) is 65.2 Å². The smallest absolute Gasteiger partial charge is 0.253 e. The zero-order chi connectivity index (χ0) is 19.2. The zero-order valence-electron chi connectivity index (χ0n) is 16.0. The minimum Gasteiger partial charge on any atom is -0.494 e. The predicted octanol–water partition coefficient (Wildman–Crippen LogP) is 2.92. The topological polar surface area (TPSA) is 49.9 Å². The van der Waals surface area contributed by atoms with Crippen molar-refractivity contribution in [2.24, 2.45) is 0 Å². The summed E-state index contributed by atoms with van der Waals surface area (Å²) in [5.74, 6) is 0.885. The van der Waals surface area contributed by atoms with E-state index >= 15 is 0 Å². The molecular weight excluding hydrogens is 340 g/mol. The van der Waals surface area contributed by atoms with Crippen molar-refractivity contribution in [3.63, 3.8) is 0 Å². The van der Waals surface area contributed by atoms with E-state index in [4.69, 9.17) is 4.74 Å². The summed E-state index contributed by atoms with van der Waals surface area (Å²) in [6, 6.07) is 15.3. The molecule has 2 aromatic rings. The van der Waals surface area contributed by atoms with Gasteiger partial charge in [-0.15, -0.1) is 0 Å². The maximum absolute atomic E-state index is 12.7. The lowest BCUT2D eigenvalue weighted by molar-refractivity contribution is -0.131. The summed E-state index contributed by atoms with van der Waals surface area (Å²) in [4.78, 5) is 28.8. The average molecular weight is 366 g/mol. The lowest BCUT2D eigenvalue weighted by Crippen LogP contribution is -2.51. The SMILES string of the molecule is CCOc1ccc(C(=O)N2CCN(C(=O)Cc3ccc(C)cc3)CC2)cc1. The van der Waals surface area contributed by atoms with E-state index in [9.17, 15) is 9.59 Å². The molecule has 0 saturated carbocycles. The summed E-state index contributed by atoms with van der Waals surface area (Å²) >= 11 is 0. The zero-order valence-corrected chi connectivity index (χ0v) is 16.0. The Morgan fingerprint density at radius 1 is 0.889 bits per heavy atom. The van der Waals surface area contributed by atoms with Crippen LogP contribution in [0.2, 0.25) is 0 Å². The van der Waals surface area contributed by atoms with Gasteiger partial charge in [0.15, 0.2) is 0 Å². The molecule has 5 nitrogen and oxygen atoms in total. The Bertz CT molecular complexity index is 776. The number of hydrogen-bond acceptors (Lipinski definition) is 3. The van der Waals surface area contributed by atoms with Crippen molar-refractivity contribution in [1.29, 1.82) is 0 Å². The van der Waals surface area contributed by atoms with Gasteiger partial charge in [-0.05, 0) is 43.7 Å². The van der Waals surface area contributed by atoms with Crippen molar-refractivity contribution in [2.75, 3.05) is 32.8 Å². The van der Waals surface area contributed by atoms with Crippen LogP contribution in [0.5, 0.6) is 5.75 Å². The molecule has 1 aliphatic heterocycles. The number of carbonyl (C=O) groups excluding carboxylic acids is 2. The second-order valence-corrected chi connectivity index (χ2v) is 6.79. The van der Waals surface area contributed by atoms with Gasteiger partial charge in [0.05, 0.1) is 13.0 Å². The minimum atomic E-state index is 0.00341. The molecule has 2 aromatic carbocycles. The molecule has 3 rings (SSSR count). The lowest BCUT2D eigenvalue weighted by atomic mass is 10.1. The van der Waals surface area contributed by atoms with Gasteiger partial charge in [-0.1, -0.05) is 29.8 Å². The fourth-order valence-electron chi connectivity index (χ4n) is 3.19. The third-order valence-electron chi connectivity index (χ3n) is 4.81. The summed E-state index contributed by atoms with van der Waals surface area (Å²) < 4.78 is 5.41. The Hall–Kier alpha value is -2.82. The lowest BCUT2D eigenvalue weighted by Gasteiger charge is -2.35. The highest BCUT2D eigenvalue weighted by molar-refractivity contribution is 5.94. The Labute approximate surface area is 160 Å². The molecule has 2 amide bonds. The largest absolute Gasteiger partial charge is 0.494 e. The molecule has 142 valence electrons. The first kappa shape index (κ1) is 19.0. The minimum absolute atomic E-state index is 0.00341. The molecule has 27 heavy (non-hydrogen) atoms. The van der Waals surface area contributed by atoms with Crippen molar-refractivity contribution >= 4 is 11.8 Å². The first-order valence-corrected chi connectivity index (χ1v) is 9.42. The van der Waals surface area contributed by atoms with E-state index in [0.29, 0.717) is 44.8 Å². The number of nitrogens with zero attached hydrogens (tertiary/aromatic N) is 2. The van der Waals surface area contributed by atoms with E-state index in [2.05, 4.69) is 0 Å². The van der Waals surface area contributed by atoms with Crippen molar-refractivity contribution in [1.82, 2.24) is 9.80 Å². The number of amides is 2. The van der Waals surface area contributed by atoms with E-state index in [1.54, 1.807) is 12.1 Å². The quantitative estimate of drug-likeness (QED) is 0.818. The molecule has 1 heterocycles. The van der Waals surface area contributed by atoms with Crippen LogP contribution in [0, 0.1) is 6.92 Å². The van der Waals surface area contributed by atoms with Crippen molar-refractivity contribution < 1.29 is 14.3 Å². The van der Waals surface area contributed by atoms with Gasteiger partial charge in [-0.25, -0.2) is 0 Å². The predicted molar refractivity (Wildman–Crippen MR) is 105 cm³/mol. The Morgan fingerprint density at radius 2 is 1.48 bits per heavy atom. The van der Waals surface area contributed by atoms with Crippen LogP contribution in [0.15, 0.2) is 48.5 Å². The van der Waals surface area contributed by atoms with Gasteiger partial charge < -0.3 is 14.5 Å². The molecule has 0 spiro atoms. The van der Waals surface area contributed by atoms with E-state index < -0.39 is 0 Å². The first-order chi connectivity index (χ1) is 13.1. The van der Waals surface area contributed by atoms with E-state index in [-0.39, 0.29) is 11.8 Å². The van der Waals surface area contributed by atoms with Gasteiger partial charge >= 0.3 is 0 Å². The monoisotopic (exact) mass is 366 g/mol. The molecular formula is C22H26N2O3. The Kier molecular flexibility index (Phi) is 6.12. The van der Waals surface area contributed by atoms with Crippen LogP contribution < -0.4 is 4.74 Å². The van der Waals surface area contributed by atoms with Crippen LogP contribution in [-0.4, -0.2) is 54.4 Å². The van der Waals surface area contributed by atoms with Crippen LogP contribution in [0.3, 0.4) is 0 Å². The van der Waals surface area contributed by atoms with Gasteiger partial charge in [0.1, 0.15) is 5.75 Å². The summed E-state index contributed by atoms with van der Waals surface area (Å²) in [5, 5.41) is 0. The fourth-order valence-corrected chi connectivity index (χ4v) is 3.19. The maximum Gasteiger partial charge on any atom is 0.253 e. The van der Waals surface area contributed by atoms with Crippen LogP contribution in [0.1, 0.15) is 28.4 Å². The second kappa shape index (κ2) is 8.71. The first-order valence-electron chi connectivity index (χ1n) is 9.42. The van der Waals surface area contributed by atoms with Gasteiger partial charge in [0.2, 0.25) is 5.91 Å². The van der Waals surface area contributed by atoms with Crippen LogP contribution in [0.4, 0.5) is 0 Å². The highest BCUT2D eigenvalue weighted by Crippen LogP contribution is 2.15. The van der Waals surface area contributed by atoms with Gasteiger partial charge in [0, 0.05) is 31.7 Å². The normalized spacial score (nSPS) is 14.1. The summed E-state index contributed by atoms with van der Waals surface area (Å²) in [7, 11) is 0. The number of carbonyl (C=O) groups is 2. The van der Waals surface area contributed by atoms with Crippen LogP contribution >= 0.6 is 0 Å². The number of rotatable bonds is 5. The molecule has 0 bridgehead atoms. The second-order valence-electron chi connectivity index (χ2n) is 6.79. The molecule has 0 aliphatic carbocycles. The molecule has 0 atom stereocenters. The van der Waals surface area contributed by atoms with Crippen molar-refractivity contribution in [2.45, 2.75) is 20.3 Å². The van der Waals surface area contributed by atoms with E-state index in [0.717, 1.165) is 11.3 Å². The molecule has 1 saturated heterocycles. The Morgan fingerprint density at radius 3 is 2.07 bits per heavy atom. The molecule has 0 radical (unpaired) electrons. The van der Waals surface area contributed by atoms with Crippen molar-refractivity contribution in [3.8, 4) is 5.75 Å². The fraction of sp³-hybridized carbons (Fsp3) is 0.364. The molecule has 5 heteroatoms. The highest BCUT2D eigenvalue weighted by Gasteiger charge is 2.24. The van der Waals surface area contributed by atoms with Gasteiger partial charge in [-0.2, -0.15) is 0 Å². The maximum atomic E-state index is 12.7. The highest BCUT2D eigenvalue weighted by atomic mass is 16.5. The molecule has 0 N–H and O–H groups in total. The van der Waals surface area contributed by atoms with Gasteiger partial charge in [-0.3, -0.25) is 9.59 Å². The summed E-state index contributed by atoms with van der Waals surface area (Å²) in [6.07, 6.45) is 0.410. The number of piperazine rings is 1. The third-order valence-corrected chi connectivity index (χ3v) is 4.81. The Balaban J connectivity index is 1.52. The number of hydrogen-bond donors (Lipinski definition) is 0. The van der Waals surface area contributed by atoms with Gasteiger partial charge in [0.25, 0.3) is 5.91 Å². The number of benzene rings is 2. The molecule has 1 aliphatic rings. The molecule has 1 fully saturated rings.